The van der Waals surface area contributed by atoms with Gasteiger partial charge in [-0.05, 0) is 29.8 Å². The highest BCUT2D eigenvalue weighted by Gasteiger charge is 2.24. The lowest BCUT2D eigenvalue weighted by atomic mass is 9.99. The van der Waals surface area contributed by atoms with E-state index >= 15 is 0 Å². The molecule has 0 radical (unpaired) electrons. The van der Waals surface area contributed by atoms with E-state index in [-0.39, 0.29) is 17.4 Å². The fraction of sp³-hybridized carbons (Fsp3) is 0.111. The van der Waals surface area contributed by atoms with Gasteiger partial charge >= 0.3 is 5.63 Å². The van der Waals surface area contributed by atoms with Crippen molar-refractivity contribution in [2.24, 2.45) is 5.10 Å². The number of hydrazone groups is 1. The normalized spacial score (nSPS) is 17.0. The van der Waals surface area contributed by atoms with Crippen LogP contribution < -0.4 is 11.1 Å². The smallest absolute Gasteiger partial charge is 0.345 e. The summed E-state index contributed by atoms with van der Waals surface area (Å²) in [5.41, 5.74) is 5.26. The van der Waals surface area contributed by atoms with E-state index in [0.717, 1.165) is 10.9 Å². The predicted octanol–water partition coefficient (Wildman–Crippen LogP) is 2.94. The molecule has 114 valence electrons. The average Bonchev–Trinajstić information content (AvgIpc) is 3.04. The monoisotopic (exact) mass is 306 g/mol. The largest absolute Gasteiger partial charge is 0.508 e. The molecule has 0 spiro atoms. The van der Waals surface area contributed by atoms with Crippen molar-refractivity contribution >= 4 is 16.7 Å². The van der Waals surface area contributed by atoms with E-state index in [9.17, 15) is 9.90 Å². The Morgan fingerprint density at radius 3 is 2.87 bits per heavy atom. The molecular weight excluding hydrogens is 292 g/mol. The van der Waals surface area contributed by atoms with Gasteiger partial charge in [0.1, 0.15) is 11.3 Å². The third kappa shape index (κ3) is 2.46. The number of para-hydroxylation sites is 1. The molecule has 2 N–H and O–H groups in total. The van der Waals surface area contributed by atoms with Crippen molar-refractivity contribution in [3.63, 3.8) is 0 Å². The summed E-state index contributed by atoms with van der Waals surface area (Å²) in [5.74, 6) is 0.211. The van der Waals surface area contributed by atoms with Crippen molar-refractivity contribution in [1.29, 1.82) is 0 Å². The first-order valence-corrected chi connectivity index (χ1v) is 7.35. The molecule has 0 saturated heterocycles. The van der Waals surface area contributed by atoms with Crippen molar-refractivity contribution in [3.8, 4) is 5.75 Å². The molecule has 0 aliphatic carbocycles. The quantitative estimate of drug-likeness (QED) is 0.714. The Balaban J connectivity index is 1.67. The molecule has 2 aromatic carbocycles. The Kier molecular flexibility index (Phi) is 3.12. The molecule has 5 nitrogen and oxygen atoms in total. The summed E-state index contributed by atoms with van der Waals surface area (Å²) < 4.78 is 5.36. The summed E-state index contributed by atoms with van der Waals surface area (Å²) in [6.07, 6.45) is 0.562. The highest BCUT2D eigenvalue weighted by atomic mass is 16.4. The Morgan fingerprint density at radius 2 is 2.00 bits per heavy atom. The van der Waals surface area contributed by atoms with Crippen LogP contribution >= 0.6 is 0 Å². The van der Waals surface area contributed by atoms with Crippen molar-refractivity contribution in [1.82, 2.24) is 5.43 Å². The van der Waals surface area contributed by atoms with Crippen LogP contribution in [0.5, 0.6) is 5.75 Å². The fourth-order valence-corrected chi connectivity index (χ4v) is 2.81. The van der Waals surface area contributed by atoms with E-state index in [1.54, 1.807) is 24.3 Å². The van der Waals surface area contributed by atoms with E-state index < -0.39 is 0 Å². The van der Waals surface area contributed by atoms with E-state index in [4.69, 9.17) is 4.42 Å². The van der Waals surface area contributed by atoms with Crippen LogP contribution in [0.15, 0.2) is 68.9 Å². The van der Waals surface area contributed by atoms with E-state index in [2.05, 4.69) is 10.5 Å². The minimum Gasteiger partial charge on any atom is -0.508 e. The number of benzene rings is 2. The molecule has 2 heterocycles. The molecule has 1 aliphatic rings. The number of nitrogens with one attached hydrogen (secondary N) is 1. The van der Waals surface area contributed by atoms with Crippen LogP contribution in [0.25, 0.3) is 11.0 Å². The summed E-state index contributed by atoms with van der Waals surface area (Å²) in [5, 5.41) is 14.7. The van der Waals surface area contributed by atoms with Gasteiger partial charge in [-0.3, -0.25) is 0 Å². The van der Waals surface area contributed by atoms with E-state index in [0.29, 0.717) is 23.3 Å². The Hall–Kier alpha value is -3.08. The molecule has 3 aromatic rings. The summed E-state index contributed by atoms with van der Waals surface area (Å²) in [6, 6.07) is 16.2. The third-order valence-corrected chi connectivity index (χ3v) is 3.98. The van der Waals surface area contributed by atoms with Crippen molar-refractivity contribution < 1.29 is 9.52 Å². The van der Waals surface area contributed by atoms with E-state index in [1.165, 1.54) is 0 Å². The van der Waals surface area contributed by atoms with Gasteiger partial charge in [0.25, 0.3) is 0 Å². The molecule has 0 amide bonds. The Labute approximate surface area is 131 Å². The minimum absolute atomic E-state index is 0.0667. The first-order chi connectivity index (χ1) is 11.2. The number of nitrogens with zero attached hydrogens (tertiary/aromatic N) is 1. The SMILES string of the molecule is O=c1oc2ccccc2cc1C1=NNC(c2cccc(O)c2)C1. The number of hydrogen-bond donors (Lipinski definition) is 2. The van der Waals surface area contributed by atoms with Gasteiger partial charge in [0.15, 0.2) is 0 Å². The van der Waals surface area contributed by atoms with Crippen molar-refractivity contribution in [2.75, 3.05) is 0 Å². The van der Waals surface area contributed by atoms with Crippen LogP contribution in [0, 0.1) is 0 Å². The van der Waals surface area contributed by atoms with Crippen LogP contribution in [-0.2, 0) is 0 Å². The summed E-state index contributed by atoms with van der Waals surface area (Å²) in [7, 11) is 0. The number of fused-ring (bicyclic) bond motifs is 1. The second-order valence-corrected chi connectivity index (χ2v) is 5.52. The van der Waals surface area contributed by atoms with Crippen LogP contribution in [0.1, 0.15) is 23.6 Å². The summed E-state index contributed by atoms with van der Waals surface area (Å²) in [4.78, 5) is 12.2. The summed E-state index contributed by atoms with van der Waals surface area (Å²) in [6.45, 7) is 0. The summed E-state index contributed by atoms with van der Waals surface area (Å²) >= 11 is 0. The molecule has 0 bridgehead atoms. The van der Waals surface area contributed by atoms with Crippen LogP contribution in [0.4, 0.5) is 0 Å². The molecule has 4 rings (SSSR count). The zero-order valence-electron chi connectivity index (χ0n) is 12.2. The molecule has 5 heteroatoms. The molecular formula is C18H14N2O3. The maximum absolute atomic E-state index is 12.2. The standard InChI is InChI=1S/C18H14N2O3/c21-13-6-3-5-11(8-13)15-10-16(20-19-15)14-9-12-4-1-2-7-17(12)23-18(14)22/h1-9,15,19,21H,10H2. The lowest BCUT2D eigenvalue weighted by molar-refractivity contribution is 0.472. The zero-order valence-corrected chi connectivity index (χ0v) is 12.2. The predicted molar refractivity (Wildman–Crippen MR) is 87.6 cm³/mol. The van der Waals surface area contributed by atoms with E-state index in [1.807, 2.05) is 30.3 Å². The molecule has 0 saturated carbocycles. The van der Waals surface area contributed by atoms with Gasteiger partial charge in [-0.2, -0.15) is 5.10 Å². The highest BCUT2D eigenvalue weighted by molar-refractivity contribution is 6.03. The van der Waals surface area contributed by atoms with Crippen molar-refractivity contribution in [2.45, 2.75) is 12.5 Å². The molecule has 1 aliphatic heterocycles. The molecule has 23 heavy (non-hydrogen) atoms. The number of phenols is 1. The van der Waals surface area contributed by atoms with Gasteiger partial charge in [-0.15, -0.1) is 0 Å². The first-order valence-electron chi connectivity index (χ1n) is 7.35. The second-order valence-electron chi connectivity index (χ2n) is 5.52. The van der Waals surface area contributed by atoms with Gasteiger partial charge in [0.2, 0.25) is 0 Å². The Bertz CT molecular complexity index is 975. The number of aromatic hydroxyl groups is 1. The number of phenolic OH excluding ortho intramolecular Hbond substituents is 1. The van der Waals surface area contributed by atoms with Crippen LogP contribution in [0.3, 0.4) is 0 Å². The van der Waals surface area contributed by atoms with Crippen LogP contribution in [0.2, 0.25) is 0 Å². The first kappa shape index (κ1) is 13.6. The zero-order chi connectivity index (χ0) is 15.8. The number of rotatable bonds is 2. The lowest BCUT2D eigenvalue weighted by Crippen LogP contribution is -2.14. The van der Waals surface area contributed by atoms with Crippen molar-refractivity contribution in [3.05, 3.63) is 76.1 Å². The van der Waals surface area contributed by atoms with Gasteiger partial charge in [0.05, 0.1) is 17.3 Å². The fourth-order valence-electron chi connectivity index (χ4n) is 2.81. The van der Waals surface area contributed by atoms with Gasteiger partial charge in [-0.25, -0.2) is 4.79 Å². The van der Waals surface area contributed by atoms with Gasteiger partial charge < -0.3 is 14.9 Å². The maximum atomic E-state index is 12.2. The highest BCUT2D eigenvalue weighted by Crippen LogP contribution is 2.26. The molecule has 1 unspecified atom stereocenters. The molecule has 1 aromatic heterocycles. The van der Waals surface area contributed by atoms with Gasteiger partial charge in [0, 0.05) is 11.8 Å². The lowest BCUT2D eigenvalue weighted by Gasteiger charge is -2.10. The Morgan fingerprint density at radius 1 is 1.13 bits per heavy atom. The second kappa shape index (κ2) is 5.28. The molecule has 0 fully saturated rings. The third-order valence-electron chi connectivity index (χ3n) is 3.98. The average molecular weight is 306 g/mol. The molecule has 1 atom stereocenters. The topological polar surface area (TPSA) is 74.8 Å². The van der Waals surface area contributed by atoms with Crippen LogP contribution in [-0.4, -0.2) is 10.8 Å². The van der Waals surface area contributed by atoms with Gasteiger partial charge in [-0.1, -0.05) is 30.3 Å². The number of hydrogen-bond acceptors (Lipinski definition) is 5. The minimum atomic E-state index is -0.388. The maximum Gasteiger partial charge on any atom is 0.345 e.